The molecule has 8 aromatic carbocycles. The third-order valence-corrected chi connectivity index (χ3v) is 8.35. The summed E-state index contributed by atoms with van der Waals surface area (Å²) in [7, 11) is -4.67. The van der Waals surface area contributed by atoms with Crippen molar-refractivity contribution in [1.82, 2.24) is 0 Å². The Bertz CT molecular complexity index is 2750. The first kappa shape index (κ1) is 112. The van der Waals surface area contributed by atoms with E-state index in [0.717, 1.165) is 45.5 Å². The van der Waals surface area contributed by atoms with Crippen LogP contribution in [0.15, 0.2) is 218 Å². The second kappa shape index (κ2) is 81.2. The number of diazo groups is 4. The second-order valence-electron chi connectivity index (χ2n) is 15.4. The van der Waals surface area contributed by atoms with Crippen molar-refractivity contribution in [3.8, 4) is 0 Å². The van der Waals surface area contributed by atoms with E-state index in [1.165, 1.54) is 19.3 Å². The molecule has 522 valence electrons. The van der Waals surface area contributed by atoms with Gasteiger partial charge in [-0.25, -0.2) is 4.21 Å². The Morgan fingerprint density at radius 2 is 0.468 bits per heavy atom. The molecule has 23 heteroatoms. The van der Waals surface area contributed by atoms with Crippen LogP contribution in [-0.4, -0.2) is 33.1 Å². The number of hydrogen-bond acceptors (Lipinski definition) is 15. The number of carbonyl (C=O) groups is 1. The first-order valence-corrected chi connectivity index (χ1v) is 29.9. The number of rotatable bonds is 9. The van der Waals surface area contributed by atoms with E-state index < -0.39 is 21.8 Å². The Kier molecular flexibility index (Phi) is 96.6. The van der Waals surface area contributed by atoms with E-state index in [0.29, 0.717) is 22.7 Å². The maximum atomic E-state index is 8.83. The van der Waals surface area contributed by atoms with Crippen LogP contribution < -0.4 is 26.5 Å². The number of nitrogens with zero attached hydrogens (tertiary/aromatic N) is 8. The maximum Gasteiger partial charge on any atom is 0.394 e. The molecule has 21 nitrogen and oxygen atoms in total. The fourth-order valence-electron chi connectivity index (χ4n) is 5.20. The third kappa shape index (κ3) is 69.7. The van der Waals surface area contributed by atoms with Crippen molar-refractivity contribution in [2.45, 2.75) is 154 Å². The SMILES string of the molecule is C.C.C.C.C.C.C.C=O.CC.CC.CC.CCC.CCC.CCC.N#[N+]c1ccc(Nc2ccccc2)cc1.N#[N+]c1ccc(Nc2ccccc2)cc1.N#[N+]c1ccc(Nc2ccccc2)cc1.N#[N+]c1ccc(Nc2ccccc2)cc1.O=S(=O)(O)O.O=S([O-])O[O-]. The lowest BCUT2D eigenvalue weighted by molar-refractivity contribution is -0.635. The molecule has 0 fully saturated rings. The molecule has 8 rings (SSSR count). The minimum Gasteiger partial charge on any atom is -0.750 e. The Labute approximate surface area is 570 Å². The van der Waals surface area contributed by atoms with E-state index in [2.05, 4.69) is 87.0 Å². The summed E-state index contributed by atoms with van der Waals surface area (Å²) in [4.78, 5) is 20.4. The standard InChI is InChI=1S/4C12H10N3.3C3H8.3C2H6.CH2O.7CH4.2H2O4S/c4*13-15-12-8-6-11(7-9-12)14-10-4-2-1-3-5-10;3*1-3-2;4*1-2;;;;;;;;1-5(2,3)4;1-4-5(2)3/h4*1-9,14H;3*3H2,1-2H3;3*1-2H3;1H2;7*1H4;(H2,1,2,3,4);1H,(H,2,3)/q4*+1;;;;;;;;;;;;;;;;/p-2. The van der Waals surface area contributed by atoms with Gasteiger partial charge in [0.15, 0.2) is 19.9 Å². The molecule has 0 bridgehead atoms. The molecule has 0 saturated heterocycles. The Morgan fingerprint density at radius 3 is 0.564 bits per heavy atom. The summed E-state index contributed by atoms with van der Waals surface area (Å²) >= 11 is -2.88. The molecule has 0 spiro atoms. The van der Waals surface area contributed by atoms with Gasteiger partial charge in [-0.2, -0.15) is 8.42 Å². The van der Waals surface area contributed by atoms with Crippen LogP contribution in [-0.2, 0) is 30.9 Å². The quantitative estimate of drug-likeness (QED) is 0.0257. The fourth-order valence-corrected chi connectivity index (χ4v) is 5.20. The minimum atomic E-state index is -4.67. The van der Waals surface area contributed by atoms with Crippen LogP contribution >= 0.6 is 0 Å². The van der Waals surface area contributed by atoms with Crippen molar-refractivity contribution < 1.29 is 40.7 Å². The van der Waals surface area contributed by atoms with Crippen molar-refractivity contribution in [2.24, 2.45) is 0 Å². The summed E-state index contributed by atoms with van der Waals surface area (Å²) < 4.78 is 51.7. The van der Waals surface area contributed by atoms with Gasteiger partial charge in [-0.05, 0) is 97.1 Å². The molecule has 0 amide bonds. The lowest BCUT2D eigenvalue weighted by atomic mass is 10.2. The molecular formula is C71H114N12O9S2+2. The van der Waals surface area contributed by atoms with Gasteiger partial charge in [-0.3, -0.25) is 9.11 Å². The summed E-state index contributed by atoms with van der Waals surface area (Å²) in [6.45, 7) is 26.8. The lowest BCUT2D eigenvalue weighted by Gasteiger charge is -2.05. The summed E-state index contributed by atoms with van der Waals surface area (Å²) in [5.74, 6) is 0. The predicted octanol–water partition coefficient (Wildman–Crippen LogP) is 24.7. The first-order valence-electron chi connectivity index (χ1n) is 27.5. The van der Waals surface area contributed by atoms with E-state index in [-0.39, 0.29) is 52.0 Å². The largest absolute Gasteiger partial charge is 0.750 e. The van der Waals surface area contributed by atoms with E-state index in [4.69, 9.17) is 57.9 Å². The normalized spacial score (nSPS) is 8.13. The molecule has 8 aromatic rings. The molecule has 94 heavy (non-hydrogen) atoms. The molecule has 6 N–H and O–H groups in total. The van der Waals surface area contributed by atoms with Crippen molar-refractivity contribution in [3.63, 3.8) is 0 Å². The van der Waals surface area contributed by atoms with E-state index in [9.17, 15) is 0 Å². The smallest absolute Gasteiger partial charge is 0.394 e. The van der Waals surface area contributed by atoms with Crippen molar-refractivity contribution in [3.05, 3.63) is 238 Å². The first-order chi connectivity index (χ1) is 42.0. The van der Waals surface area contributed by atoms with Gasteiger partial charge in [0.2, 0.25) is 21.6 Å². The van der Waals surface area contributed by atoms with Gasteiger partial charge in [0.1, 0.15) is 6.79 Å². The fraction of sp³-hybridized carbons (Fsp3) is 0.310. The lowest BCUT2D eigenvalue weighted by Crippen LogP contribution is -2.06. The van der Waals surface area contributed by atoms with Crippen molar-refractivity contribution in [1.29, 1.82) is 21.6 Å². The second-order valence-corrected chi connectivity index (χ2v) is 16.8. The average Bonchev–Trinajstić information content (AvgIpc) is 1.33. The van der Waals surface area contributed by atoms with Gasteiger partial charge >= 0.3 is 33.1 Å². The zero-order valence-electron chi connectivity index (χ0n) is 51.8. The Morgan fingerprint density at radius 1 is 0.362 bits per heavy atom. The van der Waals surface area contributed by atoms with Gasteiger partial charge in [0, 0.05) is 94.0 Å². The predicted molar refractivity (Wildman–Crippen MR) is 404 cm³/mol. The third-order valence-electron chi connectivity index (χ3n) is 8.24. The number of para-hydroxylation sites is 4. The molecule has 0 aromatic heterocycles. The van der Waals surface area contributed by atoms with Gasteiger partial charge in [-0.1, -0.05) is 227 Å². The van der Waals surface area contributed by atoms with Gasteiger partial charge in [0.05, 0.1) is 11.4 Å². The van der Waals surface area contributed by atoms with Gasteiger partial charge in [0.25, 0.3) is 0 Å². The van der Waals surface area contributed by atoms with Crippen LogP contribution in [0.5, 0.6) is 0 Å². The Hall–Kier alpha value is -9.79. The number of anilines is 8. The van der Waals surface area contributed by atoms with Crippen LogP contribution in [0.4, 0.5) is 68.2 Å². The van der Waals surface area contributed by atoms with Crippen LogP contribution in [0.2, 0.25) is 0 Å². The minimum absolute atomic E-state index is 0. The molecule has 0 aliphatic heterocycles. The highest BCUT2D eigenvalue weighted by molar-refractivity contribution is 7.79. The van der Waals surface area contributed by atoms with Crippen LogP contribution in [0.3, 0.4) is 0 Å². The number of nitrogens with one attached hydrogen (secondary N) is 4. The molecule has 0 aliphatic rings. The molecule has 1 atom stereocenters. The highest BCUT2D eigenvalue weighted by Gasteiger charge is 2.05. The summed E-state index contributed by atoms with van der Waals surface area (Å²) in [6, 6.07) is 68.4. The highest BCUT2D eigenvalue weighted by Crippen LogP contribution is 2.23. The van der Waals surface area contributed by atoms with Crippen LogP contribution in [0.25, 0.3) is 19.9 Å². The maximum absolute atomic E-state index is 8.83. The summed E-state index contributed by atoms with van der Waals surface area (Å²) in [6.07, 6.45) is 3.75. The average molecular weight is 1340 g/mol. The zero-order valence-corrected chi connectivity index (χ0v) is 53.4. The van der Waals surface area contributed by atoms with Gasteiger partial charge in [-0.15, -0.1) is 0 Å². The van der Waals surface area contributed by atoms with E-state index in [1.807, 2.05) is 218 Å². The van der Waals surface area contributed by atoms with Crippen molar-refractivity contribution in [2.75, 3.05) is 21.3 Å². The highest BCUT2D eigenvalue weighted by atomic mass is 32.3. The molecule has 1 unspecified atom stereocenters. The zero-order chi connectivity index (χ0) is 66.9. The number of carbonyl (C=O) groups excluding carboxylic acids is 1. The molecular weight excluding hydrogens is 1230 g/mol. The van der Waals surface area contributed by atoms with Crippen LogP contribution in [0, 0.1) is 21.6 Å². The monoisotopic (exact) mass is 1340 g/mol. The van der Waals surface area contributed by atoms with E-state index >= 15 is 0 Å². The topological polar surface area (TPSA) is 325 Å². The van der Waals surface area contributed by atoms with Gasteiger partial charge < -0.3 is 40.2 Å². The molecule has 0 aliphatic carbocycles. The molecule has 0 radical (unpaired) electrons. The number of hydrogen-bond donors (Lipinski definition) is 6. The number of benzene rings is 8. The molecule has 0 heterocycles. The Balaban J connectivity index is -0.0000000828. The van der Waals surface area contributed by atoms with Crippen LogP contribution in [0.1, 0.15) is 154 Å². The summed E-state index contributed by atoms with van der Waals surface area (Å²) in [5.41, 5.74) is 10.2. The van der Waals surface area contributed by atoms with E-state index in [1.54, 1.807) is 48.5 Å². The summed E-state index contributed by atoms with van der Waals surface area (Å²) in [5, 5.41) is 55.5. The molecule has 0 saturated carbocycles. The van der Waals surface area contributed by atoms with Crippen molar-refractivity contribution >= 4 is 96.8 Å².